The normalized spacial score (nSPS) is 25.7. The molecular weight excluding hydrogens is 243 g/mol. The minimum Gasteiger partial charge on any atom is -0.297 e. The smallest absolute Gasteiger partial charge is 0.297 e. The van der Waals surface area contributed by atoms with Crippen molar-refractivity contribution < 1.29 is 18.0 Å². The van der Waals surface area contributed by atoms with Gasteiger partial charge in [-0.15, -0.1) is 0 Å². The second-order valence-corrected chi connectivity index (χ2v) is 4.88. The SMILES string of the molecule is C[C@@]1(C(F)(F)F)CN(Cc2ccccc2)CC1=O. The second-order valence-electron chi connectivity index (χ2n) is 4.88. The summed E-state index contributed by atoms with van der Waals surface area (Å²) in [5, 5.41) is 0. The Morgan fingerprint density at radius 3 is 2.39 bits per heavy atom. The predicted molar refractivity (Wildman–Crippen MR) is 60.9 cm³/mol. The number of alkyl halides is 3. The standard InChI is InChI=1S/C13H14F3NO/c1-12(13(14,15)16)9-17(8-11(12)18)7-10-5-3-2-4-6-10/h2-6H,7-9H2,1H3/t12-/m1/s1. The van der Waals surface area contributed by atoms with Crippen LogP contribution in [0.5, 0.6) is 0 Å². The largest absolute Gasteiger partial charge is 0.402 e. The number of ketones is 1. The van der Waals surface area contributed by atoms with Gasteiger partial charge in [0.15, 0.2) is 5.78 Å². The zero-order valence-electron chi connectivity index (χ0n) is 10.00. The molecule has 0 radical (unpaired) electrons. The molecule has 0 spiro atoms. The van der Waals surface area contributed by atoms with Gasteiger partial charge in [-0.05, 0) is 12.5 Å². The van der Waals surface area contributed by atoms with Crippen LogP contribution in [0.3, 0.4) is 0 Å². The lowest BCUT2D eigenvalue weighted by Crippen LogP contribution is -2.42. The molecule has 1 heterocycles. The molecule has 1 aliphatic heterocycles. The van der Waals surface area contributed by atoms with Crippen LogP contribution in [0.25, 0.3) is 0 Å². The summed E-state index contributed by atoms with van der Waals surface area (Å²) in [7, 11) is 0. The third-order valence-electron chi connectivity index (χ3n) is 3.40. The first-order chi connectivity index (χ1) is 8.33. The third-order valence-corrected chi connectivity index (χ3v) is 3.40. The van der Waals surface area contributed by atoms with Gasteiger partial charge in [0.2, 0.25) is 0 Å². The van der Waals surface area contributed by atoms with E-state index in [1.165, 1.54) is 0 Å². The molecule has 1 aliphatic rings. The molecule has 0 aromatic heterocycles. The number of carbonyl (C=O) groups excluding carboxylic acids is 1. The Morgan fingerprint density at radius 1 is 1.28 bits per heavy atom. The number of Topliss-reactive ketones (excluding diaryl/α,β-unsaturated/α-hetero) is 1. The number of benzene rings is 1. The number of likely N-dealkylation sites (tertiary alicyclic amines) is 1. The Hall–Kier alpha value is -1.36. The van der Waals surface area contributed by atoms with E-state index < -0.39 is 17.4 Å². The molecule has 0 saturated carbocycles. The number of halogens is 3. The van der Waals surface area contributed by atoms with E-state index in [0.717, 1.165) is 12.5 Å². The van der Waals surface area contributed by atoms with Crippen LogP contribution >= 0.6 is 0 Å². The maximum atomic E-state index is 12.9. The van der Waals surface area contributed by atoms with Crippen molar-refractivity contribution in [2.24, 2.45) is 5.41 Å². The average molecular weight is 257 g/mol. The lowest BCUT2D eigenvalue weighted by atomic mass is 9.88. The van der Waals surface area contributed by atoms with Gasteiger partial charge < -0.3 is 0 Å². The van der Waals surface area contributed by atoms with E-state index >= 15 is 0 Å². The summed E-state index contributed by atoms with van der Waals surface area (Å²) in [6.07, 6.45) is -4.48. The highest BCUT2D eigenvalue weighted by atomic mass is 19.4. The van der Waals surface area contributed by atoms with Gasteiger partial charge in [-0.3, -0.25) is 9.69 Å². The molecule has 2 rings (SSSR count). The van der Waals surface area contributed by atoms with Gasteiger partial charge in [-0.1, -0.05) is 30.3 Å². The number of carbonyl (C=O) groups is 1. The number of hydrogen-bond donors (Lipinski definition) is 0. The number of nitrogens with zero attached hydrogens (tertiary/aromatic N) is 1. The number of rotatable bonds is 2. The van der Waals surface area contributed by atoms with Crippen LogP contribution in [0.4, 0.5) is 13.2 Å². The van der Waals surface area contributed by atoms with Gasteiger partial charge in [-0.2, -0.15) is 13.2 Å². The van der Waals surface area contributed by atoms with Crippen molar-refractivity contribution in [3.8, 4) is 0 Å². The van der Waals surface area contributed by atoms with Crippen molar-refractivity contribution in [1.82, 2.24) is 4.90 Å². The maximum Gasteiger partial charge on any atom is 0.402 e. The molecule has 18 heavy (non-hydrogen) atoms. The minimum atomic E-state index is -4.48. The van der Waals surface area contributed by atoms with E-state index in [-0.39, 0.29) is 13.1 Å². The van der Waals surface area contributed by atoms with Crippen LogP contribution in [0.1, 0.15) is 12.5 Å². The van der Waals surface area contributed by atoms with E-state index in [2.05, 4.69) is 0 Å². The Kier molecular flexibility index (Phi) is 3.19. The highest BCUT2D eigenvalue weighted by molar-refractivity contribution is 5.89. The van der Waals surface area contributed by atoms with Crippen LogP contribution in [-0.2, 0) is 11.3 Å². The Balaban J connectivity index is 2.10. The van der Waals surface area contributed by atoms with E-state index in [0.29, 0.717) is 6.54 Å². The van der Waals surface area contributed by atoms with Gasteiger partial charge in [0.1, 0.15) is 5.41 Å². The average Bonchev–Trinajstić information content (AvgIpc) is 2.56. The molecule has 1 atom stereocenters. The fraction of sp³-hybridized carbons (Fsp3) is 0.462. The first kappa shape index (κ1) is 13.1. The fourth-order valence-corrected chi connectivity index (χ4v) is 2.17. The van der Waals surface area contributed by atoms with E-state index in [9.17, 15) is 18.0 Å². The lowest BCUT2D eigenvalue weighted by molar-refractivity contribution is -0.209. The Bertz CT molecular complexity index is 443. The fourth-order valence-electron chi connectivity index (χ4n) is 2.17. The highest BCUT2D eigenvalue weighted by Gasteiger charge is 2.60. The zero-order valence-corrected chi connectivity index (χ0v) is 10.00. The van der Waals surface area contributed by atoms with Crippen molar-refractivity contribution in [3.63, 3.8) is 0 Å². The van der Waals surface area contributed by atoms with Crippen LogP contribution in [0, 0.1) is 5.41 Å². The zero-order chi connectivity index (χ0) is 13.4. The van der Waals surface area contributed by atoms with Crippen LogP contribution in [0.15, 0.2) is 30.3 Å². The van der Waals surface area contributed by atoms with Gasteiger partial charge in [0.05, 0.1) is 6.54 Å². The molecule has 1 fully saturated rings. The predicted octanol–water partition coefficient (Wildman–Crippen LogP) is 2.64. The van der Waals surface area contributed by atoms with E-state index in [1.807, 2.05) is 30.3 Å². The molecule has 0 aliphatic carbocycles. The molecule has 0 bridgehead atoms. The minimum absolute atomic E-state index is 0.134. The summed E-state index contributed by atoms with van der Waals surface area (Å²) in [4.78, 5) is 13.1. The molecule has 98 valence electrons. The van der Waals surface area contributed by atoms with Crippen molar-refractivity contribution in [3.05, 3.63) is 35.9 Å². The van der Waals surface area contributed by atoms with Crippen molar-refractivity contribution >= 4 is 5.78 Å². The molecule has 0 unspecified atom stereocenters. The molecular formula is C13H14F3NO. The summed E-state index contributed by atoms with van der Waals surface area (Å²) in [6.45, 7) is 0.966. The second kappa shape index (κ2) is 4.39. The molecule has 1 saturated heterocycles. The first-order valence-electron chi connectivity index (χ1n) is 5.69. The van der Waals surface area contributed by atoms with Gasteiger partial charge in [-0.25, -0.2) is 0 Å². The van der Waals surface area contributed by atoms with Gasteiger partial charge in [0, 0.05) is 13.1 Å². The van der Waals surface area contributed by atoms with Crippen LogP contribution < -0.4 is 0 Å². The summed E-state index contributed by atoms with van der Waals surface area (Å²) >= 11 is 0. The molecule has 1 aromatic rings. The molecule has 5 heteroatoms. The van der Waals surface area contributed by atoms with Crippen molar-refractivity contribution in [2.45, 2.75) is 19.6 Å². The van der Waals surface area contributed by atoms with E-state index in [4.69, 9.17) is 0 Å². The number of hydrogen-bond acceptors (Lipinski definition) is 2. The molecule has 2 nitrogen and oxygen atoms in total. The highest BCUT2D eigenvalue weighted by Crippen LogP contribution is 2.43. The van der Waals surface area contributed by atoms with E-state index in [1.54, 1.807) is 4.90 Å². The maximum absolute atomic E-state index is 12.9. The summed E-state index contributed by atoms with van der Waals surface area (Å²) in [5.74, 6) is -0.745. The molecule has 1 aromatic carbocycles. The quantitative estimate of drug-likeness (QED) is 0.811. The summed E-state index contributed by atoms with van der Waals surface area (Å²) in [5.41, 5.74) is -1.31. The van der Waals surface area contributed by atoms with Crippen molar-refractivity contribution in [2.75, 3.05) is 13.1 Å². The van der Waals surface area contributed by atoms with Gasteiger partial charge in [0.25, 0.3) is 0 Å². The first-order valence-corrected chi connectivity index (χ1v) is 5.69. The third kappa shape index (κ3) is 2.27. The molecule has 0 amide bonds. The van der Waals surface area contributed by atoms with Crippen molar-refractivity contribution in [1.29, 1.82) is 0 Å². The van der Waals surface area contributed by atoms with Crippen LogP contribution in [0.2, 0.25) is 0 Å². The molecule has 0 N–H and O–H groups in total. The lowest BCUT2D eigenvalue weighted by Gasteiger charge is -2.25. The Morgan fingerprint density at radius 2 is 1.89 bits per heavy atom. The van der Waals surface area contributed by atoms with Crippen LogP contribution in [-0.4, -0.2) is 29.9 Å². The monoisotopic (exact) mass is 257 g/mol. The topological polar surface area (TPSA) is 20.3 Å². The Labute approximate surface area is 103 Å². The van der Waals surface area contributed by atoms with Gasteiger partial charge >= 0.3 is 6.18 Å². The summed E-state index contributed by atoms with van der Waals surface area (Å²) in [6, 6.07) is 9.19. The summed E-state index contributed by atoms with van der Waals surface area (Å²) < 4.78 is 38.6.